The number of ketones is 1. The highest BCUT2D eigenvalue weighted by molar-refractivity contribution is 5.96. The topological polar surface area (TPSA) is 20.3 Å². The first-order valence-electron chi connectivity index (χ1n) is 4.90. The van der Waals surface area contributed by atoms with E-state index in [1.54, 1.807) is 0 Å². The van der Waals surface area contributed by atoms with Crippen LogP contribution >= 0.6 is 0 Å². The van der Waals surface area contributed by atoms with Crippen molar-refractivity contribution < 1.29 is 4.79 Å². The molecule has 0 heterocycles. The van der Waals surface area contributed by atoms with Crippen molar-refractivity contribution in [1.29, 1.82) is 0 Å². The molecule has 0 aromatic carbocycles. The van der Waals surface area contributed by atoms with Crippen LogP contribution in [-0.4, -0.2) is 24.8 Å². The molecule has 0 spiro atoms. The lowest BCUT2D eigenvalue weighted by Gasteiger charge is -2.12. The van der Waals surface area contributed by atoms with E-state index in [-0.39, 0.29) is 11.7 Å². The minimum Gasteiger partial charge on any atom is -0.383 e. The molecule has 0 atom stereocenters. The minimum absolute atomic E-state index is 0.109. The summed E-state index contributed by atoms with van der Waals surface area (Å²) in [5, 5.41) is 0. The number of carbonyl (C=O) groups is 1. The van der Waals surface area contributed by atoms with Crippen molar-refractivity contribution in [1.82, 2.24) is 4.90 Å². The Morgan fingerprint density at radius 3 is 2.23 bits per heavy atom. The van der Waals surface area contributed by atoms with E-state index < -0.39 is 0 Å². The summed E-state index contributed by atoms with van der Waals surface area (Å²) in [6, 6.07) is 0. The second-order valence-corrected chi connectivity index (χ2v) is 3.89. The fourth-order valence-electron chi connectivity index (χ4n) is 1.20. The summed E-state index contributed by atoms with van der Waals surface area (Å²) in [6.45, 7) is 5.99. The number of Topliss-reactive ketones (excluding diaryl/α,β-unsaturated/α-hetero) is 1. The average Bonchev–Trinajstić information content (AvgIpc) is 2.01. The Bertz CT molecular complexity index is 192. The lowest BCUT2D eigenvalue weighted by atomic mass is 9.98. The third kappa shape index (κ3) is 4.71. The van der Waals surface area contributed by atoms with E-state index in [2.05, 4.69) is 6.92 Å². The first-order chi connectivity index (χ1) is 5.99. The van der Waals surface area contributed by atoms with Gasteiger partial charge in [0.2, 0.25) is 0 Å². The van der Waals surface area contributed by atoms with Gasteiger partial charge in [0.15, 0.2) is 5.78 Å². The standard InChI is InChI=1S/C11H21NO/c1-6-7-10(8-12(4)5)11(13)9(2)3/h8-9H,6-7H2,1-5H3/b10-8-. The highest BCUT2D eigenvalue weighted by Gasteiger charge is 2.12. The summed E-state index contributed by atoms with van der Waals surface area (Å²) in [6.07, 6.45) is 3.85. The van der Waals surface area contributed by atoms with Crippen molar-refractivity contribution in [2.24, 2.45) is 5.92 Å². The number of rotatable bonds is 5. The van der Waals surface area contributed by atoms with Crippen LogP contribution in [0.3, 0.4) is 0 Å². The molecule has 13 heavy (non-hydrogen) atoms. The van der Waals surface area contributed by atoms with Crippen LogP contribution in [0, 0.1) is 5.92 Å². The molecule has 0 fully saturated rings. The van der Waals surface area contributed by atoms with Crippen molar-refractivity contribution in [3.63, 3.8) is 0 Å². The Kier molecular flexibility index (Phi) is 5.44. The van der Waals surface area contributed by atoms with Crippen LogP contribution < -0.4 is 0 Å². The average molecular weight is 183 g/mol. The first-order valence-corrected chi connectivity index (χ1v) is 4.90. The van der Waals surface area contributed by atoms with Crippen molar-refractivity contribution in [2.75, 3.05) is 14.1 Å². The zero-order valence-corrected chi connectivity index (χ0v) is 9.42. The summed E-state index contributed by atoms with van der Waals surface area (Å²) < 4.78 is 0. The fraction of sp³-hybridized carbons (Fsp3) is 0.727. The van der Waals surface area contributed by atoms with Crippen LogP contribution in [0.25, 0.3) is 0 Å². The van der Waals surface area contributed by atoms with E-state index in [1.165, 1.54) is 0 Å². The Hall–Kier alpha value is -0.790. The van der Waals surface area contributed by atoms with Crippen molar-refractivity contribution >= 4 is 5.78 Å². The van der Waals surface area contributed by atoms with E-state index in [4.69, 9.17) is 0 Å². The van der Waals surface area contributed by atoms with Gasteiger partial charge in [-0.15, -0.1) is 0 Å². The molecule has 0 amide bonds. The fourth-order valence-corrected chi connectivity index (χ4v) is 1.20. The predicted molar refractivity (Wildman–Crippen MR) is 56.5 cm³/mol. The van der Waals surface area contributed by atoms with E-state index in [1.807, 2.05) is 39.0 Å². The van der Waals surface area contributed by atoms with E-state index >= 15 is 0 Å². The molecule has 0 aliphatic carbocycles. The smallest absolute Gasteiger partial charge is 0.162 e. The largest absolute Gasteiger partial charge is 0.383 e. The molecular formula is C11H21NO. The lowest BCUT2D eigenvalue weighted by Crippen LogP contribution is -2.14. The molecule has 76 valence electrons. The van der Waals surface area contributed by atoms with Gasteiger partial charge in [-0.2, -0.15) is 0 Å². The highest BCUT2D eigenvalue weighted by Crippen LogP contribution is 2.12. The zero-order valence-electron chi connectivity index (χ0n) is 9.42. The quantitative estimate of drug-likeness (QED) is 0.610. The maximum Gasteiger partial charge on any atom is 0.162 e. The van der Waals surface area contributed by atoms with Crippen LogP contribution in [0.4, 0.5) is 0 Å². The van der Waals surface area contributed by atoms with Gasteiger partial charge in [0.25, 0.3) is 0 Å². The van der Waals surface area contributed by atoms with Crippen LogP contribution in [0.2, 0.25) is 0 Å². The molecule has 2 heteroatoms. The molecule has 0 aliphatic rings. The normalized spacial score (nSPS) is 12.0. The first kappa shape index (κ1) is 12.2. The lowest BCUT2D eigenvalue weighted by molar-refractivity contribution is -0.118. The number of hydrogen-bond acceptors (Lipinski definition) is 2. The second-order valence-electron chi connectivity index (χ2n) is 3.89. The summed E-state index contributed by atoms with van der Waals surface area (Å²) in [5.74, 6) is 0.383. The van der Waals surface area contributed by atoms with Crippen molar-refractivity contribution in [3.8, 4) is 0 Å². The number of carbonyl (C=O) groups excluding carboxylic acids is 1. The molecule has 0 rings (SSSR count). The molecule has 0 N–H and O–H groups in total. The van der Waals surface area contributed by atoms with Crippen LogP contribution in [0.15, 0.2) is 11.8 Å². The Morgan fingerprint density at radius 2 is 1.92 bits per heavy atom. The van der Waals surface area contributed by atoms with Crippen LogP contribution in [0.5, 0.6) is 0 Å². The number of allylic oxidation sites excluding steroid dienone is 1. The summed E-state index contributed by atoms with van der Waals surface area (Å²) in [5.41, 5.74) is 0.947. The maximum atomic E-state index is 11.7. The third-order valence-corrected chi connectivity index (χ3v) is 1.77. The molecule has 2 nitrogen and oxygen atoms in total. The highest BCUT2D eigenvalue weighted by atomic mass is 16.1. The molecule has 0 saturated carbocycles. The predicted octanol–water partition coefficient (Wildman–Crippen LogP) is 2.46. The maximum absolute atomic E-state index is 11.7. The minimum atomic E-state index is 0.109. The molecule has 0 aromatic rings. The van der Waals surface area contributed by atoms with Gasteiger partial charge < -0.3 is 4.90 Å². The Labute approximate surface area is 81.6 Å². The SMILES string of the molecule is CCC/C(=C/N(C)C)C(=O)C(C)C. The summed E-state index contributed by atoms with van der Waals surface area (Å²) >= 11 is 0. The summed E-state index contributed by atoms with van der Waals surface area (Å²) in [7, 11) is 3.90. The molecule has 0 bridgehead atoms. The molecule has 0 unspecified atom stereocenters. The van der Waals surface area contributed by atoms with Crippen molar-refractivity contribution in [2.45, 2.75) is 33.6 Å². The molecular weight excluding hydrogens is 162 g/mol. The van der Waals surface area contributed by atoms with E-state index in [0.717, 1.165) is 18.4 Å². The monoisotopic (exact) mass is 183 g/mol. The van der Waals surface area contributed by atoms with Gasteiger partial charge in [-0.25, -0.2) is 0 Å². The van der Waals surface area contributed by atoms with Gasteiger partial charge in [-0.1, -0.05) is 27.2 Å². The van der Waals surface area contributed by atoms with Gasteiger partial charge in [-0.05, 0) is 6.42 Å². The van der Waals surface area contributed by atoms with E-state index in [9.17, 15) is 4.79 Å². The van der Waals surface area contributed by atoms with Gasteiger partial charge in [0.05, 0.1) is 0 Å². The molecule has 0 radical (unpaired) electrons. The molecule has 0 aromatic heterocycles. The van der Waals surface area contributed by atoms with Gasteiger partial charge >= 0.3 is 0 Å². The Morgan fingerprint density at radius 1 is 1.38 bits per heavy atom. The van der Waals surface area contributed by atoms with Gasteiger partial charge in [0.1, 0.15) is 0 Å². The second kappa shape index (κ2) is 5.79. The zero-order chi connectivity index (χ0) is 10.4. The van der Waals surface area contributed by atoms with Gasteiger partial charge in [0, 0.05) is 31.8 Å². The third-order valence-electron chi connectivity index (χ3n) is 1.77. The summed E-state index contributed by atoms with van der Waals surface area (Å²) in [4.78, 5) is 13.6. The molecule has 0 aliphatic heterocycles. The van der Waals surface area contributed by atoms with Crippen molar-refractivity contribution in [3.05, 3.63) is 11.8 Å². The van der Waals surface area contributed by atoms with Gasteiger partial charge in [-0.3, -0.25) is 4.79 Å². The van der Waals surface area contributed by atoms with Crippen LogP contribution in [0.1, 0.15) is 33.6 Å². The van der Waals surface area contributed by atoms with E-state index in [0.29, 0.717) is 0 Å². The van der Waals surface area contributed by atoms with Crippen LogP contribution in [-0.2, 0) is 4.79 Å². The number of nitrogens with zero attached hydrogens (tertiary/aromatic N) is 1. The number of hydrogen-bond donors (Lipinski definition) is 0. The molecule has 0 saturated heterocycles. The Balaban J connectivity index is 4.50.